The molecule has 0 bridgehead atoms. The van der Waals surface area contributed by atoms with Crippen molar-refractivity contribution in [2.45, 2.75) is 323 Å². The van der Waals surface area contributed by atoms with Gasteiger partial charge in [0.05, 0.1) is 32.5 Å². The molecular weight excluding hydrogens is 1150 g/mol. The molecule has 0 amide bonds. The predicted octanol–water partition coefficient (Wildman–Crippen LogP) is 19.0. The van der Waals surface area contributed by atoms with E-state index in [4.69, 9.17) is 0 Å². The first kappa shape index (κ1) is 70.8. The number of aryl methyl sites for hydroxylation is 5. The number of rotatable bonds is 47. The summed E-state index contributed by atoms with van der Waals surface area (Å²) >= 11 is 0. The van der Waals surface area contributed by atoms with Crippen molar-refractivity contribution < 1.29 is 59.4 Å². The molecule has 506 valence electrons. The van der Waals surface area contributed by atoms with Gasteiger partial charge in [-0.25, -0.2) is 0 Å². The molecule has 3 aromatic carbocycles. The van der Waals surface area contributed by atoms with Crippen LogP contribution in [0, 0.1) is 67.1 Å². The van der Waals surface area contributed by atoms with Crippen LogP contribution in [0.15, 0.2) is 30.3 Å². The number of carboxylic acids is 6. The number of carbonyl (C=O) groups is 6. The van der Waals surface area contributed by atoms with Crippen molar-refractivity contribution in [2.24, 2.45) is 32.5 Å². The Morgan fingerprint density at radius 2 is 0.663 bits per heavy atom. The van der Waals surface area contributed by atoms with Crippen LogP contribution in [-0.2, 0) is 67.3 Å². The van der Waals surface area contributed by atoms with Crippen LogP contribution in [0.2, 0.25) is 0 Å². The summed E-state index contributed by atoms with van der Waals surface area (Å²) in [7, 11) is 0. The van der Waals surface area contributed by atoms with Gasteiger partial charge in [-0.3, -0.25) is 28.8 Å². The van der Waals surface area contributed by atoms with Crippen molar-refractivity contribution in [3.05, 3.63) is 103 Å². The molecule has 0 aromatic heterocycles. The highest BCUT2D eigenvalue weighted by Gasteiger charge is 2.62. The Bertz CT molecular complexity index is 3130. The van der Waals surface area contributed by atoms with E-state index in [0.717, 1.165) is 256 Å². The van der Waals surface area contributed by atoms with E-state index in [2.05, 4.69) is 65.0 Å². The van der Waals surface area contributed by atoms with Crippen LogP contribution in [0.5, 0.6) is 0 Å². The molecule has 0 aliphatic heterocycles. The summed E-state index contributed by atoms with van der Waals surface area (Å²) in [6.45, 7) is 11.0. The summed E-state index contributed by atoms with van der Waals surface area (Å²) in [6, 6.07) is 11.4. The third kappa shape index (κ3) is 16.9. The first-order chi connectivity index (χ1) is 44.0. The fourth-order valence-corrected chi connectivity index (χ4v) is 17.1. The summed E-state index contributed by atoms with van der Waals surface area (Å²) < 4.78 is 0. The van der Waals surface area contributed by atoms with Crippen molar-refractivity contribution in [2.75, 3.05) is 0 Å². The summed E-state index contributed by atoms with van der Waals surface area (Å²) in [5, 5.41) is 61.1. The zero-order valence-corrected chi connectivity index (χ0v) is 57.1. The summed E-state index contributed by atoms with van der Waals surface area (Å²) in [5.74, 6) is -4.16. The second-order valence-electron chi connectivity index (χ2n) is 31.2. The van der Waals surface area contributed by atoms with Gasteiger partial charge in [0.1, 0.15) is 0 Å². The van der Waals surface area contributed by atoms with Crippen LogP contribution in [0.1, 0.15) is 322 Å². The quantitative estimate of drug-likeness (QED) is 0.0291. The van der Waals surface area contributed by atoms with Gasteiger partial charge in [0.15, 0.2) is 0 Å². The lowest BCUT2D eigenvalue weighted by molar-refractivity contribution is -0.144. The monoisotopic (exact) mass is 1270 g/mol. The van der Waals surface area contributed by atoms with Crippen LogP contribution in [0.25, 0.3) is 0 Å². The fraction of sp³-hybridized carbons (Fsp3) is 0.700. The summed E-state index contributed by atoms with van der Waals surface area (Å²) in [6.07, 6.45) is 37.3. The number of hydrogen-bond acceptors (Lipinski definition) is 6. The smallest absolute Gasteiger partial charge is 0.310 e. The van der Waals surface area contributed by atoms with Crippen LogP contribution in [-0.4, -0.2) is 66.5 Å². The lowest BCUT2D eigenvalue weighted by Gasteiger charge is -2.21. The predicted molar refractivity (Wildman–Crippen MR) is 362 cm³/mol. The van der Waals surface area contributed by atoms with E-state index < -0.39 is 68.3 Å². The largest absolute Gasteiger partial charge is 0.481 e. The highest BCUT2D eigenvalue weighted by atomic mass is 16.4. The summed E-state index contributed by atoms with van der Waals surface area (Å²) in [4.78, 5) is 74.4. The lowest BCUT2D eigenvalue weighted by atomic mass is 9.84. The average Bonchev–Trinajstić information content (AvgIpc) is 1.57. The van der Waals surface area contributed by atoms with E-state index in [1.165, 1.54) is 66.8 Å². The minimum atomic E-state index is -0.824. The van der Waals surface area contributed by atoms with Crippen molar-refractivity contribution in [3.63, 3.8) is 0 Å². The second-order valence-corrected chi connectivity index (χ2v) is 31.2. The van der Waals surface area contributed by atoms with Crippen LogP contribution in [0.3, 0.4) is 0 Å². The van der Waals surface area contributed by atoms with Crippen LogP contribution in [0.4, 0.5) is 0 Å². The first-order valence-corrected chi connectivity index (χ1v) is 36.7. The third-order valence-corrected chi connectivity index (χ3v) is 24.8. The van der Waals surface area contributed by atoms with Crippen molar-refractivity contribution in [3.8, 4) is 0 Å². The van der Waals surface area contributed by atoms with Crippen LogP contribution < -0.4 is 0 Å². The van der Waals surface area contributed by atoms with Gasteiger partial charge >= 0.3 is 35.8 Å². The van der Waals surface area contributed by atoms with Gasteiger partial charge in [0.25, 0.3) is 0 Å². The molecule has 0 heterocycles. The SMILES string of the molecule is Cc1cc(CCCCCC2(C(=O)O)CC2)c(CCCCCCC2(C(=O)O)CC2)c(C2CC2(CCCCCc2c(C)ccc(C3CC3(CCCCCc3c(CCCCCCC4(C(=O)O)CC4)cc(C)c(C)c3C)C(=O)O)c2CCCCCCC2(C(=O)O)CC2)C(=O)O)c1. The Hall–Kier alpha value is -5.52. The minimum Gasteiger partial charge on any atom is -0.481 e. The van der Waals surface area contributed by atoms with Crippen LogP contribution >= 0.6 is 0 Å². The van der Waals surface area contributed by atoms with Crippen molar-refractivity contribution >= 4 is 35.8 Å². The van der Waals surface area contributed by atoms with E-state index in [9.17, 15) is 59.4 Å². The van der Waals surface area contributed by atoms with Gasteiger partial charge in [-0.15, -0.1) is 0 Å². The van der Waals surface area contributed by atoms with E-state index in [0.29, 0.717) is 25.7 Å². The van der Waals surface area contributed by atoms with E-state index in [-0.39, 0.29) is 11.8 Å². The van der Waals surface area contributed by atoms with Gasteiger partial charge in [0.2, 0.25) is 0 Å². The third-order valence-electron chi connectivity index (χ3n) is 24.8. The van der Waals surface area contributed by atoms with E-state index in [1.807, 2.05) is 0 Å². The standard InChI is InChI=1S/C80H114O12/c1-54-49-59(27-16-12-24-38-78(47-48-78)72(87)88)63(31-17-7-10-22-36-76(43-44-76)70(83)84)66(50-54)68-53-80(68,74(91)92)40-25-13-19-29-61-55(2)33-34-65(64(61)32-18-8-11-23-37-77(45-46-77)71(85)86)67-52-79(67,73(89)90)39-26-14-20-30-62-58(5)57(4)56(3)51-60(62)28-15-6-9-21-35-75(41-42-75)69(81)82/h33-34,49-51,67-68H,6-32,35-48,52-53H2,1-5H3,(H,81,82)(H,83,84)(H,85,86)(H,87,88)(H,89,90)(H,91,92). The highest BCUT2D eigenvalue weighted by molar-refractivity contribution is 5.82. The lowest BCUT2D eigenvalue weighted by Crippen LogP contribution is -2.18. The molecule has 6 saturated carbocycles. The van der Waals surface area contributed by atoms with Gasteiger partial charge in [-0.2, -0.15) is 0 Å². The number of hydrogen-bond donors (Lipinski definition) is 6. The van der Waals surface area contributed by atoms with Gasteiger partial charge in [-0.1, -0.05) is 132 Å². The molecule has 3 aromatic rings. The Labute approximate surface area is 550 Å². The molecule has 92 heavy (non-hydrogen) atoms. The zero-order valence-electron chi connectivity index (χ0n) is 57.1. The Kier molecular flexibility index (Phi) is 23.5. The topological polar surface area (TPSA) is 224 Å². The molecule has 4 unspecified atom stereocenters. The molecule has 6 aliphatic carbocycles. The number of unbranched alkanes of at least 4 members (excludes halogenated alkanes) is 15. The zero-order chi connectivity index (χ0) is 66.1. The molecule has 0 radical (unpaired) electrons. The summed E-state index contributed by atoms with van der Waals surface area (Å²) in [5.41, 5.74) is 13.3. The van der Waals surface area contributed by atoms with Gasteiger partial charge < -0.3 is 30.6 Å². The highest BCUT2D eigenvalue weighted by Crippen LogP contribution is 2.65. The normalized spacial score (nSPS) is 22.2. The number of aliphatic carboxylic acids is 6. The molecule has 12 heteroatoms. The molecule has 6 aliphatic rings. The minimum absolute atomic E-state index is 0.0567. The van der Waals surface area contributed by atoms with E-state index >= 15 is 0 Å². The van der Waals surface area contributed by atoms with Crippen molar-refractivity contribution in [1.29, 1.82) is 0 Å². The molecule has 0 saturated heterocycles. The molecule has 12 nitrogen and oxygen atoms in total. The van der Waals surface area contributed by atoms with Gasteiger partial charge in [-0.05, 0) is 281 Å². The molecule has 0 spiro atoms. The Morgan fingerprint density at radius 1 is 0.326 bits per heavy atom. The maximum absolute atomic E-state index is 13.6. The fourth-order valence-electron chi connectivity index (χ4n) is 17.1. The Balaban J connectivity index is 0.823. The number of benzene rings is 3. The average molecular weight is 1270 g/mol. The number of carboxylic acid groups (broad SMARTS) is 6. The molecule has 9 rings (SSSR count). The second kappa shape index (κ2) is 30.5. The van der Waals surface area contributed by atoms with E-state index in [1.54, 1.807) is 0 Å². The maximum atomic E-state index is 13.6. The molecule has 6 N–H and O–H groups in total. The van der Waals surface area contributed by atoms with Gasteiger partial charge in [0, 0.05) is 11.8 Å². The molecular formula is C80H114O12. The molecule has 4 atom stereocenters. The Morgan fingerprint density at radius 3 is 1.07 bits per heavy atom. The molecule has 6 fully saturated rings. The first-order valence-electron chi connectivity index (χ1n) is 36.7. The maximum Gasteiger partial charge on any atom is 0.310 e. The van der Waals surface area contributed by atoms with Crippen molar-refractivity contribution in [1.82, 2.24) is 0 Å².